The molecular formula is C46H73NOS2. The van der Waals surface area contributed by atoms with Gasteiger partial charge in [0.15, 0.2) is 0 Å². The number of thioether (sulfide) groups is 2. The Morgan fingerprint density at radius 2 is 0.980 bits per heavy atom. The number of ether oxygens (including phenoxy) is 1. The summed E-state index contributed by atoms with van der Waals surface area (Å²) in [6, 6.07) is 2.41. The maximum absolute atomic E-state index is 7.70. The SMILES string of the molecule is C1CCC(C2CCC(N(C3CCCC4C5CCC6CCCCC6C5OC43)C3CCCC4C5CCC6SC7CCCCC7C6C5SC43)CC2)CC1. The van der Waals surface area contributed by atoms with Crippen LogP contribution >= 0.6 is 23.5 Å². The Labute approximate surface area is 315 Å². The summed E-state index contributed by atoms with van der Waals surface area (Å²) in [5.41, 5.74) is 0. The highest BCUT2D eigenvalue weighted by molar-refractivity contribution is 8.02. The van der Waals surface area contributed by atoms with Crippen LogP contribution in [-0.4, -0.2) is 56.2 Å². The first kappa shape index (κ1) is 33.9. The lowest BCUT2D eigenvalue weighted by Crippen LogP contribution is -2.61. The molecule has 16 atom stereocenters. The molecule has 0 bridgehead atoms. The Morgan fingerprint density at radius 3 is 1.86 bits per heavy atom. The number of hydrogen-bond donors (Lipinski definition) is 0. The Bertz CT molecular complexity index is 1180. The molecule has 16 unspecified atom stereocenters. The predicted molar refractivity (Wildman–Crippen MR) is 212 cm³/mol. The van der Waals surface area contributed by atoms with E-state index in [9.17, 15) is 0 Å². The number of fused-ring (bicyclic) bond motifs is 12. The van der Waals surface area contributed by atoms with Gasteiger partial charge < -0.3 is 4.74 Å². The molecule has 8 saturated carbocycles. The largest absolute Gasteiger partial charge is 0.372 e. The minimum absolute atomic E-state index is 0.558. The molecule has 0 radical (unpaired) electrons. The number of nitrogens with zero attached hydrogens (tertiary/aromatic N) is 1. The van der Waals surface area contributed by atoms with Crippen molar-refractivity contribution < 1.29 is 4.74 Å². The summed E-state index contributed by atoms with van der Waals surface area (Å²) in [5, 5.41) is 3.97. The average molecular weight is 720 g/mol. The Kier molecular flexibility index (Phi) is 9.69. The average Bonchev–Trinajstić information content (AvgIpc) is 3.88. The van der Waals surface area contributed by atoms with Crippen LogP contribution in [0, 0.1) is 59.2 Å². The lowest BCUT2D eigenvalue weighted by Gasteiger charge is -2.53. The van der Waals surface area contributed by atoms with Gasteiger partial charge in [0, 0.05) is 39.1 Å². The summed E-state index contributed by atoms with van der Waals surface area (Å²) in [6.45, 7) is 0. The fraction of sp³-hybridized carbons (Fsp3) is 1.00. The molecule has 50 heavy (non-hydrogen) atoms. The molecule has 11 fully saturated rings. The second-order valence-corrected chi connectivity index (χ2v) is 23.6. The van der Waals surface area contributed by atoms with E-state index >= 15 is 0 Å². The van der Waals surface area contributed by atoms with E-state index in [1.807, 2.05) is 0 Å². The van der Waals surface area contributed by atoms with Gasteiger partial charge in [-0.25, -0.2) is 0 Å². The maximum Gasteiger partial charge on any atom is 0.0766 e. The van der Waals surface area contributed by atoms with Crippen molar-refractivity contribution in [3.63, 3.8) is 0 Å². The maximum atomic E-state index is 7.70. The summed E-state index contributed by atoms with van der Waals surface area (Å²) in [6.07, 6.45) is 42.3. The van der Waals surface area contributed by atoms with Crippen LogP contribution < -0.4 is 0 Å². The van der Waals surface area contributed by atoms with Gasteiger partial charge in [0.25, 0.3) is 0 Å². The normalized spacial score (nSPS) is 54.9. The monoisotopic (exact) mass is 720 g/mol. The van der Waals surface area contributed by atoms with Crippen LogP contribution in [0.1, 0.15) is 173 Å². The van der Waals surface area contributed by atoms with Crippen LogP contribution in [0.25, 0.3) is 0 Å². The minimum atomic E-state index is 0.558. The van der Waals surface area contributed by atoms with E-state index in [0.717, 1.165) is 98.3 Å². The zero-order valence-electron chi connectivity index (χ0n) is 31.7. The third kappa shape index (κ3) is 5.74. The highest BCUT2D eigenvalue weighted by Gasteiger charge is 2.62. The molecule has 3 saturated heterocycles. The van der Waals surface area contributed by atoms with E-state index in [0.29, 0.717) is 12.2 Å². The molecule has 0 aromatic carbocycles. The molecule has 280 valence electrons. The first-order valence-electron chi connectivity index (χ1n) is 23.5. The molecule has 0 N–H and O–H groups in total. The third-order valence-corrected chi connectivity index (χ3v) is 22.7. The van der Waals surface area contributed by atoms with Crippen LogP contribution in [0.4, 0.5) is 0 Å². The molecule has 2 nitrogen and oxygen atoms in total. The molecule has 11 rings (SSSR count). The van der Waals surface area contributed by atoms with Gasteiger partial charge in [0.1, 0.15) is 0 Å². The molecular weight excluding hydrogens is 647 g/mol. The van der Waals surface area contributed by atoms with Crippen molar-refractivity contribution in [1.29, 1.82) is 0 Å². The van der Waals surface area contributed by atoms with Crippen LogP contribution in [0.15, 0.2) is 0 Å². The van der Waals surface area contributed by atoms with E-state index < -0.39 is 0 Å². The first-order chi connectivity index (χ1) is 24.8. The van der Waals surface area contributed by atoms with Gasteiger partial charge in [-0.1, -0.05) is 77.0 Å². The first-order valence-corrected chi connectivity index (χ1v) is 25.4. The fourth-order valence-electron chi connectivity index (χ4n) is 17.0. The zero-order valence-corrected chi connectivity index (χ0v) is 33.4. The standard InChI is InChI=1S/C46H73NOS2/c1-2-10-28(11-3-1)29-20-23-31(24-21-29)47(38-17-8-15-33-34-25-22-30-12-4-5-13-32(30)43(34)48-44(33)38)39-18-9-16-35-36-26-27-41-42(46(36)50-45(35)39)37-14-6-7-19-40(37)49-41/h28-46H,1-27H2. The van der Waals surface area contributed by atoms with Gasteiger partial charge in [0.2, 0.25) is 0 Å². The smallest absolute Gasteiger partial charge is 0.0766 e. The predicted octanol–water partition coefficient (Wildman–Crippen LogP) is 11.9. The van der Waals surface area contributed by atoms with Crippen molar-refractivity contribution >= 4 is 23.5 Å². The summed E-state index contributed by atoms with van der Waals surface area (Å²) in [5.74, 6) is 9.98. The van der Waals surface area contributed by atoms with Crippen LogP contribution in [0.3, 0.4) is 0 Å². The highest BCUT2D eigenvalue weighted by Crippen LogP contribution is 2.65. The van der Waals surface area contributed by atoms with Crippen LogP contribution in [-0.2, 0) is 4.74 Å². The van der Waals surface area contributed by atoms with E-state index in [2.05, 4.69) is 28.4 Å². The second kappa shape index (κ2) is 14.3. The van der Waals surface area contributed by atoms with Crippen molar-refractivity contribution in [3.05, 3.63) is 0 Å². The summed E-state index contributed by atoms with van der Waals surface area (Å²) < 4.78 is 7.70. The fourth-order valence-corrected chi connectivity index (χ4v) is 21.7. The molecule has 0 aromatic rings. The van der Waals surface area contributed by atoms with E-state index in [4.69, 9.17) is 4.74 Å². The third-order valence-electron chi connectivity index (χ3n) is 18.9. The summed E-state index contributed by atoms with van der Waals surface area (Å²) >= 11 is 5.18. The Morgan fingerprint density at radius 1 is 0.360 bits per heavy atom. The second-order valence-electron chi connectivity index (χ2n) is 20.8. The van der Waals surface area contributed by atoms with Gasteiger partial charge in [-0.3, -0.25) is 4.90 Å². The van der Waals surface area contributed by atoms with Crippen LogP contribution in [0.5, 0.6) is 0 Å². The molecule has 0 amide bonds. The number of rotatable bonds is 4. The van der Waals surface area contributed by atoms with Crippen molar-refractivity contribution in [1.82, 2.24) is 4.90 Å². The molecule has 0 aromatic heterocycles. The van der Waals surface area contributed by atoms with E-state index in [1.54, 1.807) is 57.8 Å². The minimum Gasteiger partial charge on any atom is -0.372 e. The molecule has 11 aliphatic rings. The Balaban J connectivity index is 0.893. The highest BCUT2D eigenvalue weighted by atomic mass is 32.2. The van der Waals surface area contributed by atoms with Gasteiger partial charge >= 0.3 is 0 Å². The molecule has 3 heterocycles. The van der Waals surface area contributed by atoms with Crippen molar-refractivity contribution in [2.75, 3.05) is 0 Å². The Hall–Kier alpha value is 0.620. The van der Waals surface area contributed by atoms with Crippen LogP contribution in [0.2, 0.25) is 0 Å². The summed E-state index contributed by atoms with van der Waals surface area (Å²) in [4.78, 5) is 3.43. The molecule has 8 aliphatic carbocycles. The molecule has 3 aliphatic heterocycles. The van der Waals surface area contributed by atoms with E-state index in [-0.39, 0.29) is 0 Å². The lowest BCUT2D eigenvalue weighted by atomic mass is 9.62. The topological polar surface area (TPSA) is 12.5 Å². The molecule has 4 heteroatoms. The van der Waals surface area contributed by atoms with E-state index in [1.165, 1.54) is 116 Å². The van der Waals surface area contributed by atoms with Gasteiger partial charge in [0.05, 0.1) is 12.2 Å². The lowest BCUT2D eigenvalue weighted by molar-refractivity contribution is -0.103. The summed E-state index contributed by atoms with van der Waals surface area (Å²) in [7, 11) is 0. The molecule has 0 spiro atoms. The zero-order chi connectivity index (χ0) is 32.8. The van der Waals surface area contributed by atoms with Crippen molar-refractivity contribution in [2.45, 2.75) is 225 Å². The quantitative estimate of drug-likeness (QED) is 0.287. The van der Waals surface area contributed by atoms with Crippen molar-refractivity contribution in [3.8, 4) is 0 Å². The van der Waals surface area contributed by atoms with Gasteiger partial charge in [-0.2, -0.15) is 23.5 Å². The number of hydrogen-bond acceptors (Lipinski definition) is 4. The van der Waals surface area contributed by atoms with Crippen molar-refractivity contribution in [2.24, 2.45) is 59.2 Å². The van der Waals surface area contributed by atoms with Gasteiger partial charge in [-0.15, -0.1) is 0 Å². The van der Waals surface area contributed by atoms with Gasteiger partial charge in [-0.05, 0) is 155 Å².